The summed E-state index contributed by atoms with van der Waals surface area (Å²) in [6.45, 7) is -9.19. The third-order valence-corrected chi connectivity index (χ3v) is 12.2. The van der Waals surface area contributed by atoms with Crippen LogP contribution in [0.25, 0.3) is 22.3 Å². The van der Waals surface area contributed by atoms with Gasteiger partial charge in [0.2, 0.25) is 0 Å². The molecule has 4 fully saturated rings. The number of hydrogen-bond acceptors (Lipinski definition) is 16. The van der Waals surface area contributed by atoms with Gasteiger partial charge >= 0.3 is 13.6 Å². The van der Waals surface area contributed by atoms with Crippen molar-refractivity contribution in [1.29, 1.82) is 0 Å². The normalized spacial score (nSPS) is 41.7. The number of rotatable bonds is 2. The highest BCUT2D eigenvalue weighted by molar-refractivity contribution is 8.44. The van der Waals surface area contributed by atoms with Crippen LogP contribution in [0.1, 0.15) is 18.7 Å². The van der Waals surface area contributed by atoms with Gasteiger partial charge in [0.05, 0.1) is 37.6 Å². The molecule has 2 bridgehead atoms. The van der Waals surface area contributed by atoms with Gasteiger partial charge in [0.15, 0.2) is 23.3 Å². The maximum Gasteiger partial charge on any atom is 0.386 e. The molecule has 240 valence electrons. The summed E-state index contributed by atoms with van der Waals surface area (Å²) in [5.74, 6) is -0.162. The standard InChI is InChI=1S/C23H27N9O9P2S2/c24-10-1-2-26-20-12(10)29-8-32(20)22-17-15(33)11(39-22)4-37-42(35,44)41-18-16(34)14(9-3-23(9,18)5-38-43(36,45)40-17)31-7-30-13-19(25)27-6-28-21(13)31/h1-2,6-9,11,14-18,22,33-34H,3-5H2,(H2,24,26)(H,35,44)(H,36,45)(H2,25,27,28)/t9-,11-,14-,15-,16+,17-,18+,22-,23+,42-,43-/m1/s1. The lowest BCUT2D eigenvalue weighted by atomic mass is 10.0. The highest BCUT2D eigenvalue weighted by Gasteiger charge is 2.74. The van der Waals surface area contributed by atoms with Crippen LogP contribution < -0.4 is 11.5 Å². The number of aliphatic hydroxyl groups is 2. The van der Waals surface area contributed by atoms with E-state index in [4.69, 9.17) is 34.3 Å². The molecule has 4 aromatic rings. The van der Waals surface area contributed by atoms with Crippen LogP contribution in [0.3, 0.4) is 0 Å². The molecule has 0 unspecified atom stereocenters. The van der Waals surface area contributed by atoms with E-state index in [-0.39, 0.29) is 18.3 Å². The largest absolute Gasteiger partial charge is 0.397 e. The van der Waals surface area contributed by atoms with Crippen molar-refractivity contribution in [3.05, 3.63) is 31.2 Å². The summed E-state index contributed by atoms with van der Waals surface area (Å²) >= 11 is 8.41. The van der Waals surface area contributed by atoms with Gasteiger partial charge in [-0.25, -0.2) is 34.0 Å². The maximum atomic E-state index is 13.7. The van der Waals surface area contributed by atoms with E-state index >= 15 is 0 Å². The van der Waals surface area contributed by atoms with E-state index in [9.17, 15) is 19.3 Å². The molecule has 18 nitrogen and oxygen atoms in total. The predicted molar refractivity (Wildman–Crippen MR) is 162 cm³/mol. The van der Waals surface area contributed by atoms with Gasteiger partial charge in [-0.2, -0.15) is 0 Å². The third kappa shape index (κ3) is 4.73. The molecule has 4 aliphatic rings. The Morgan fingerprint density at radius 2 is 1.67 bits per heavy atom. The van der Waals surface area contributed by atoms with E-state index < -0.39 is 68.4 Å². The second-order valence-corrected chi connectivity index (χ2v) is 17.2. The van der Waals surface area contributed by atoms with Gasteiger partial charge in [-0.1, -0.05) is 24.5 Å². The highest BCUT2D eigenvalue weighted by Crippen LogP contribution is 2.73. The number of ether oxygens (including phenoxy) is 1. The van der Waals surface area contributed by atoms with Crippen LogP contribution in [0.2, 0.25) is 0 Å². The molecule has 6 N–H and O–H groups in total. The number of aromatic nitrogens is 7. The van der Waals surface area contributed by atoms with Crippen molar-refractivity contribution in [2.75, 3.05) is 24.7 Å². The number of anilines is 2. The SMILES string of the molecule is Nc1ncnc2c1ncn2[C@H]1[C@H](O)[C@@H]2O[P@](=O)(S)OC[C@H]3O[C@@H](n4cnc5c(N)ccnc54)[C@H](O[P@](=O)(S)OC[C@]24C[C@H]14)[C@@H]3O. The smallest absolute Gasteiger partial charge is 0.386 e. The van der Waals surface area contributed by atoms with Crippen LogP contribution in [0.5, 0.6) is 0 Å². The minimum atomic E-state index is -4.23. The second-order valence-electron chi connectivity index (χ2n) is 11.5. The lowest BCUT2D eigenvalue weighted by Crippen LogP contribution is -2.37. The van der Waals surface area contributed by atoms with Crippen LogP contribution >= 0.6 is 38.1 Å². The Bertz CT molecular complexity index is 1930. The van der Waals surface area contributed by atoms with Gasteiger partial charge in [0.25, 0.3) is 0 Å². The molecule has 0 aromatic carbocycles. The van der Waals surface area contributed by atoms with Gasteiger partial charge in [-0.3, -0.25) is 18.1 Å². The number of pyridine rings is 1. The van der Waals surface area contributed by atoms with Crippen molar-refractivity contribution in [2.24, 2.45) is 11.3 Å². The zero-order chi connectivity index (χ0) is 31.5. The average Bonchev–Trinajstić information content (AvgIpc) is 3.28. The number of imidazole rings is 2. The van der Waals surface area contributed by atoms with E-state index in [1.165, 1.54) is 29.7 Å². The fraction of sp³-hybridized carbons (Fsp3) is 0.522. The molecule has 45 heavy (non-hydrogen) atoms. The van der Waals surface area contributed by atoms with Gasteiger partial charge in [0, 0.05) is 11.6 Å². The molecule has 22 heteroatoms. The first-order valence-corrected chi connectivity index (χ1v) is 19.1. The molecule has 1 spiro atoms. The highest BCUT2D eigenvalue weighted by atomic mass is 32.7. The molecule has 2 aliphatic heterocycles. The second kappa shape index (κ2) is 10.3. The summed E-state index contributed by atoms with van der Waals surface area (Å²) in [7, 11) is 0. The minimum absolute atomic E-state index is 0.167. The first-order chi connectivity index (χ1) is 21.4. The Balaban J connectivity index is 1.14. The molecule has 0 radical (unpaired) electrons. The Morgan fingerprint density at radius 1 is 0.933 bits per heavy atom. The first kappa shape index (κ1) is 30.0. The minimum Gasteiger partial charge on any atom is -0.397 e. The van der Waals surface area contributed by atoms with Crippen molar-refractivity contribution in [3.63, 3.8) is 0 Å². The number of nitrogen functional groups attached to an aromatic ring is 2. The molecular weight excluding hydrogens is 672 g/mol. The number of nitrogens with zero attached hydrogens (tertiary/aromatic N) is 7. The molecular formula is C23H27N9O9P2S2. The summed E-state index contributed by atoms with van der Waals surface area (Å²) in [6, 6.07) is 0.910. The molecule has 4 aromatic heterocycles. The Labute approximate surface area is 264 Å². The van der Waals surface area contributed by atoms with E-state index in [1.807, 2.05) is 0 Å². The number of fused-ring (bicyclic) bond motifs is 4. The van der Waals surface area contributed by atoms with E-state index in [1.54, 1.807) is 10.6 Å². The van der Waals surface area contributed by atoms with Crippen LogP contribution in [-0.2, 0) is 32.0 Å². The molecule has 2 saturated carbocycles. The fourth-order valence-corrected chi connectivity index (χ4v) is 9.84. The van der Waals surface area contributed by atoms with Crippen molar-refractivity contribution in [1.82, 2.24) is 34.1 Å². The average molecular weight is 700 g/mol. The summed E-state index contributed by atoms with van der Waals surface area (Å²) in [6.07, 6.45) is -1.46. The van der Waals surface area contributed by atoms with Crippen molar-refractivity contribution >= 4 is 71.9 Å². The molecule has 0 amide bonds. The van der Waals surface area contributed by atoms with Gasteiger partial charge in [-0.05, 0) is 18.4 Å². The molecule has 2 aliphatic carbocycles. The zero-order valence-electron chi connectivity index (χ0n) is 23.0. The lowest BCUT2D eigenvalue weighted by Gasteiger charge is -2.31. The zero-order valence-corrected chi connectivity index (χ0v) is 26.5. The topological polar surface area (TPSA) is 247 Å². The van der Waals surface area contributed by atoms with E-state index in [2.05, 4.69) is 49.4 Å². The summed E-state index contributed by atoms with van der Waals surface area (Å²) in [4.78, 5) is 21.1. The molecule has 6 heterocycles. The maximum absolute atomic E-state index is 13.7. The van der Waals surface area contributed by atoms with Gasteiger partial charge in [0.1, 0.15) is 47.9 Å². The van der Waals surface area contributed by atoms with Gasteiger partial charge in [-0.15, -0.1) is 0 Å². The van der Waals surface area contributed by atoms with Crippen LogP contribution in [0.15, 0.2) is 31.2 Å². The van der Waals surface area contributed by atoms with Crippen LogP contribution in [0, 0.1) is 11.3 Å². The molecule has 11 atom stereocenters. The van der Waals surface area contributed by atoms with Crippen LogP contribution in [0.4, 0.5) is 11.5 Å². The summed E-state index contributed by atoms with van der Waals surface area (Å²) in [5.41, 5.74) is 12.8. The molecule has 8 rings (SSSR count). The van der Waals surface area contributed by atoms with Crippen molar-refractivity contribution < 1.29 is 42.2 Å². The third-order valence-electron chi connectivity index (χ3n) is 9.00. The predicted octanol–water partition coefficient (Wildman–Crippen LogP) is 1.51. The summed E-state index contributed by atoms with van der Waals surface area (Å²) < 4.78 is 59.7. The van der Waals surface area contributed by atoms with E-state index in [0.717, 1.165) is 0 Å². The quantitative estimate of drug-likeness (QED) is 0.128. The fourth-order valence-electron chi connectivity index (χ4n) is 6.82. The monoisotopic (exact) mass is 699 g/mol. The number of thiol groups is 2. The lowest BCUT2D eigenvalue weighted by molar-refractivity contribution is -0.0554. The van der Waals surface area contributed by atoms with Crippen molar-refractivity contribution in [3.8, 4) is 0 Å². The summed E-state index contributed by atoms with van der Waals surface area (Å²) in [5, 5.41) is 22.8. The first-order valence-electron chi connectivity index (χ1n) is 13.7. The Hall–Kier alpha value is -2.35. The number of hydrogen-bond donors (Lipinski definition) is 6. The van der Waals surface area contributed by atoms with Crippen molar-refractivity contribution in [2.45, 2.75) is 49.2 Å². The van der Waals surface area contributed by atoms with E-state index in [0.29, 0.717) is 34.4 Å². The number of nitrogens with two attached hydrogens (primary N) is 2. The molecule has 2 saturated heterocycles. The van der Waals surface area contributed by atoms with Gasteiger partial charge < -0.3 is 35.5 Å². The Morgan fingerprint density at radius 3 is 2.49 bits per heavy atom. The van der Waals surface area contributed by atoms with Crippen LogP contribution in [-0.4, -0.2) is 88.0 Å². The Kier molecular flexibility index (Phi) is 6.89. The number of aliphatic hydroxyl groups excluding tert-OH is 2.